The number of nitrogens with two attached hydrogens (primary N) is 2. The van der Waals surface area contributed by atoms with Gasteiger partial charge in [0.2, 0.25) is 11.9 Å². The second-order valence-corrected chi connectivity index (χ2v) is 23.2. The summed E-state index contributed by atoms with van der Waals surface area (Å²) in [5, 5.41) is 1.12. The fourth-order valence-corrected chi connectivity index (χ4v) is 10.1. The zero-order chi connectivity index (χ0) is 60.2. The van der Waals surface area contributed by atoms with E-state index in [9.17, 15) is 27.2 Å². The van der Waals surface area contributed by atoms with Crippen LogP contribution < -0.4 is 16.9 Å². The Kier molecular flexibility index (Phi) is 18.8. The van der Waals surface area contributed by atoms with Gasteiger partial charge in [-0.15, -0.1) is 0 Å². The SMILES string of the molecule is CC1(C)OB(c2ccc3nc(N)nc(C(=O)N4Cc5ccccc5C4)c3c2)OC1(C)C.CN(C)CCOCc1cc(F)c(F)cc1-c1ccc2nc(N)nc(C(=O)N3Cc4ccccc4C3)c2c1.CN(C)CCOCc1cc(F)c(F)cc1Br. The number of ether oxygens (including phenoxy) is 2. The van der Waals surface area contributed by atoms with E-state index in [1.165, 1.54) is 0 Å². The van der Waals surface area contributed by atoms with Crippen molar-refractivity contribution in [1.29, 1.82) is 0 Å². The minimum atomic E-state index is -0.966. The lowest BCUT2D eigenvalue weighted by Gasteiger charge is -2.32. The molecule has 2 aromatic heterocycles. The first-order chi connectivity index (χ1) is 39.9. The van der Waals surface area contributed by atoms with E-state index in [2.05, 4.69) is 35.9 Å². The summed E-state index contributed by atoms with van der Waals surface area (Å²) in [5.74, 6) is -3.99. The Bertz CT molecular complexity index is 3700. The van der Waals surface area contributed by atoms with Crippen LogP contribution in [0.25, 0.3) is 32.9 Å². The van der Waals surface area contributed by atoms with Crippen LogP contribution in [0.4, 0.5) is 29.5 Å². The Hall–Kier alpha value is -7.44. The first-order valence-electron chi connectivity index (χ1n) is 27.2. The van der Waals surface area contributed by atoms with Gasteiger partial charge in [0.25, 0.3) is 11.8 Å². The molecule has 4 N–H and O–H groups in total. The Balaban J connectivity index is 0.000000163. The highest BCUT2D eigenvalue weighted by atomic mass is 79.9. The lowest BCUT2D eigenvalue weighted by Crippen LogP contribution is -2.41. The van der Waals surface area contributed by atoms with Crippen LogP contribution in [0.15, 0.2) is 114 Å². The summed E-state index contributed by atoms with van der Waals surface area (Å²) in [5.41, 5.74) is 20.0. The van der Waals surface area contributed by atoms with E-state index in [1.807, 2.05) is 132 Å². The number of halogens is 5. The average molecular weight is 1210 g/mol. The Morgan fingerprint density at radius 1 is 0.583 bits per heavy atom. The third-order valence-corrected chi connectivity index (χ3v) is 15.8. The molecule has 0 unspecified atom stereocenters. The summed E-state index contributed by atoms with van der Waals surface area (Å²) < 4.78 is 78.2. The summed E-state index contributed by atoms with van der Waals surface area (Å²) in [6.45, 7) is 12.9. The number of hydrogen-bond donors (Lipinski definition) is 2. The van der Waals surface area contributed by atoms with Crippen molar-refractivity contribution in [2.24, 2.45) is 0 Å². The second kappa shape index (κ2) is 25.8. The molecule has 16 nitrogen and oxygen atoms in total. The third kappa shape index (κ3) is 14.0. The number of carbonyl (C=O) groups is 2. The van der Waals surface area contributed by atoms with Crippen molar-refractivity contribution < 1.29 is 45.9 Å². The molecule has 2 amide bonds. The van der Waals surface area contributed by atoms with E-state index < -0.39 is 41.6 Å². The summed E-state index contributed by atoms with van der Waals surface area (Å²) in [7, 11) is 7.20. The minimum Gasteiger partial charge on any atom is -0.399 e. The normalized spacial score (nSPS) is 14.9. The third-order valence-electron chi connectivity index (χ3n) is 15.1. The molecule has 6 aromatic carbocycles. The first kappa shape index (κ1) is 61.1. The van der Waals surface area contributed by atoms with Gasteiger partial charge in [0.05, 0.1) is 48.7 Å². The smallest absolute Gasteiger partial charge is 0.399 e. The van der Waals surface area contributed by atoms with Crippen molar-refractivity contribution in [2.75, 3.05) is 66.0 Å². The number of likely N-dealkylation sites (N-methyl/N-ethyl adjacent to an activating group) is 2. The number of nitrogens with zero attached hydrogens (tertiary/aromatic N) is 8. The molecule has 0 aliphatic carbocycles. The molecule has 1 fully saturated rings. The molecular weight excluding hydrogens is 1150 g/mol. The lowest BCUT2D eigenvalue weighted by molar-refractivity contribution is 0.00578. The van der Waals surface area contributed by atoms with Crippen LogP contribution >= 0.6 is 15.9 Å². The molecule has 0 bridgehead atoms. The van der Waals surface area contributed by atoms with Crippen LogP contribution in [-0.4, -0.2) is 124 Å². The van der Waals surface area contributed by atoms with Gasteiger partial charge in [0.1, 0.15) is 11.4 Å². The Labute approximate surface area is 494 Å². The maximum Gasteiger partial charge on any atom is 0.494 e. The zero-order valence-electron chi connectivity index (χ0n) is 48.1. The molecule has 1 saturated heterocycles. The predicted molar refractivity (Wildman–Crippen MR) is 319 cm³/mol. The highest BCUT2D eigenvalue weighted by Gasteiger charge is 2.52. The molecular formula is C62H66BBrF4N10O6. The zero-order valence-corrected chi connectivity index (χ0v) is 49.7. The molecule has 84 heavy (non-hydrogen) atoms. The van der Waals surface area contributed by atoms with E-state index in [-0.39, 0.29) is 42.6 Å². The van der Waals surface area contributed by atoms with Gasteiger partial charge in [-0.2, -0.15) is 0 Å². The van der Waals surface area contributed by atoms with Crippen LogP contribution in [0.3, 0.4) is 0 Å². The highest BCUT2D eigenvalue weighted by molar-refractivity contribution is 9.10. The van der Waals surface area contributed by atoms with E-state index in [0.717, 1.165) is 58.5 Å². The molecule has 0 radical (unpaired) electrons. The number of aromatic nitrogens is 4. The van der Waals surface area contributed by atoms with Crippen LogP contribution in [0.2, 0.25) is 0 Å². The maximum absolute atomic E-state index is 14.3. The van der Waals surface area contributed by atoms with Gasteiger partial charge >= 0.3 is 7.12 Å². The molecule has 11 rings (SSSR count). The van der Waals surface area contributed by atoms with Gasteiger partial charge in [0, 0.05) is 54.5 Å². The number of fused-ring (bicyclic) bond motifs is 4. The monoisotopic (exact) mass is 1210 g/mol. The molecule has 438 valence electrons. The second-order valence-electron chi connectivity index (χ2n) is 22.3. The molecule has 5 heterocycles. The highest BCUT2D eigenvalue weighted by Crippen LogP contribution is 2.37. The molecule has 0 atom stereocenters. The lowest BCUT2D eigenvalue weighted by atomic mass is 9.78. The van der Waals surface area contributed by atoms with E-state index in [0.29, 0.717) is 100 Å². The summed E-state index contributed by atoms with van der Waals surface area (Å²) in [6.07, 6.45) is 0. The number of nitrogen functional groups attached to an aromatic ring is 2. The quantitative estimate of drug-likeness (QED) is 0.0453. The fourth-order valence-electron chi connectivity index (χ4n) is 9.69. The van der Waals surface area contributed by atoms with Gasteiger partial charge in [-0.25, -0.2) is 37.5 Å². The number of anilines is 2. The van der Waals surface area contributed by atoms with Crippen LogP contribution in [-0.2, 0) is 58.2 Å². The van der Waals surface area contributed by atoms with E-state index >= 15 is 0 Å². The molecule has 3 aliphatic rings. The van der Waals surface area contributed by atoms with Gasteiger partial charge in [-0.1, -0.05) is 82.7 Å². The number of hydrogen-bond acceptors (Lipinski definition) is 14. The summed E-state index contributed by atoms with van der Waals surface area (Å²) in [6, 6.07) is 31.3. The van der Waals surface area contributed by atoms with Crippen molar-refractivity contribution in [3.63, 3.8) is 0 Å². The number of benzene rings is 6. The van der Waals surface area contributed by atoms with Crippen molar-refractivity contribution in [2.45, 2.75) is 78.3 Å². The predicted octanol–water partition coefficient (Wildman–Crippen LogP) is 9.86. The molecule has 3 aliphatic heterocycles. The fraction of sp³-hybridized carbons (Fsp3) is 0.323. The van der Waals surface area contributed by atoms with Crippen molar-refractivity contribution in [1.82, 2.24) is 39.5 Å². The molecule has 8 aromatic rings. The average Bonchev–Trinajstić information content (AvgIpc) is 2.55. The topological polar surface area (TPSA) is 188 Å². The van der Waals surface area contributed by atoms with Gasteiger partial charge < -0.3 is 49.8 Å². The largest absolute Gasteiger partial charge is 0.494 e. The summed E-state index contributed by atoms with van der Waals surface area (Å²) >= 11 is 3.17. The molecule has 0 saturated carbocycles. The minimum absolute atomic E-state index is 0.0110. The van der Waals surface area contributed by atoms with Gasteiger partial charge in [-0.05, 0) is 148 Å². The van der Waals surface area contributed by atoms with Crippen LogP contribution in [0.1, 0.15) is 82.1 Å². The van der Waals surface area contributed by atoms with Crippen molar-refractivity contribution >= 4 is 74.0 Å². The Morgan fingerprint density at radius 2 is 1.00 bits per heavy atom. The molecule has 22 heteroatoms. The van der Waals surface area contributed by atoms with E-state index in [4.69, 9.17) is 30.2 Å². The van der Waals surface area contributed by atoms with Crippen molar-refractivity contribution in [3.05, 3.63) is 182 Å². The standard InChI is InChI=1S/C28H27F2N5O2.C23H25BN4O3.C11H14BrF2NO/c1-34(2)9-10-37-16-20-12-23(29)24(30)13-21(20)17-7-8-25-22(11-17)26(33-28(31)32-25)27(36)35-14-18-5-3-4-6-19(18)15-35;1-22(2)23(3,4)31-24(30-22)16-9-10-18-17(11-16)19(27-21(25)26-18)20(29)28-12-14-7-5-6-8-15(14)13-28;1-15(2)3-4-16-7-8-5-10(13)11(14)6-9(8)12/h3-8,11-13H,9-10,14-16H2,1-2H3,(H2,31,32,33);5-11H,12-13H2,1-4H3,(H2,25,26,27);5-6H,3-4,7H2,1-2H3. The van der Waals surface area contributed by atoms with Crippen LogP contribution in [0, 0.1) is 23.3 Å². The molecule has 0 spiro atoms. The van der Waals surface area contributed by atoms with Crippen molar-refractivity contribution in [3.8, 4) is 11.1 Å². The van der Waals surface area contributed by atoms with E-state index in [1.54, 1.807) is 28.0 Å². The van der Waals surface area contributed by atoms with Gasteiger partial charge in [-0.3, -0.25) is 9.59 Å². The summed E-state index contributed by atoms with van der Waals surface area (Å²) in [4.78, 5) is 51.7. The van der Waals surface area contributed by atoms with Crippen LogP contribution in [0.5, 0.6) is 0 Å². The Morgan fingerprint density at radius 3 is 1.48 bits per heavy atom. The number of rotatable bonds is 14. The number of carbonyl (C=O) groups excluding carboxylic acids is 2. The number of amides is 2. The van der Waals surface area contributed by atoms with Gasteiger partial charge in [0.15, 0.2) is 23.3 Å². The maximum atomic E-state index is 14.3. The first-order valence-corrected chi connectivity index (χ1v) is 28.0.